The molecule has 0 radical (unpaired) electrons. The molecule has 1 aliphatic rings. The van der Waals surface area contributed by atoms with Crippen LogP contribution in [-0.2, 0) is 4.79 Å². The summed E-state index contributed by atoms with van der Waals surface area (Å²) in [4.78, 5) is 23.6. The summed E-state index contributed by atoms with van der Waals surface area (Å²) in [6.45, 7) is 4.44. The predicted octanol–water partition coefficient (Wildman–Crippen LogP) is 0.514. The van der Waals surface area contributed by atoms with Gasteiger partial charge in [-0.3, -0.25) is 4.79 Å². The molecule has 5 nitrogen and oxygen atoms in total. The lowest BCUT2D eigenvalue weighted by Gasteiger charge is -2.39. The van der Waals surface area contributed by atoms with Crippen molar-refractivity contribution in [2.75, 3.05) is 13.1 Å². The monoisotopic (exact) mass is 224 g/mol. The number of hydrogen-bond acceptors (Lipinski definition) is 2. The minimum atomic E-state index is -0.825. The summed E-state index contributed by atoms with van der Waals surface area (Å²) in [7, 11) is 0. The zero-order valence-electron chi connectivity index (χ0n) is 9.49. The van der Waals surface area contributed by atoms with E-state index in [-0.39, 0.29) is 18.4 Å². The number of urea groups is 1. The maximum absolute atomic E-state index is 11.6. The zero-order chi connectivity index (χ0) is 12.3. The standard InChI is InChI=1S/C11H16N2O3/c1-4-11(2,3)12-10(16)13-6-8(7-13)5-9(14)15/h1,8H,5-7H2,2-3H3,(H,12,16)(H,14,15). The minimum absolute atomic E-state index is 0.0668. The third kappa shape index (κ3) is 3.16. The molecule has 2 N–H and O–H groups in total. The smallest absolute Gasteiger partial charge is 0.318 e. The van der Waals surface area contributed by atoms with Crippen LogP contribution in [0.2, 0.25) is 0 Å². The molecule has 1 aliphatic heterocycles. The van der Waals surface area contributed by atoms with Gasteiger partial charge in [0.25, 0.3) is 0 Å². The number of aliphatic carboxylic acids is 1. The summed E-state index contributed by atoms with van der Waals surface area (Å²) < 4.78 is 0. The van der Waals surface area contributed by atoms with Crippen LogP contribution >= 0.6 is 0 Å². The number of carboxylic acid groups (broad SMARTS) is 1. The summed E-state index contributed by atoms with van der Waals surface area (Å²) in [5.74, 6) is 1.71. The normalized spacial score (nSPS) is 16.2. The van der Waals surface area contributed by atoms with Crippen LogP contribution in [0.25, 0.3) is 0 Å². The third-order valence-corrected chi connectivity index (χ3v) is 2.49. The molecular weight excluding hydrogens is 208 g/mol. The topological polar surface area (TPSA) is 69.6 Å². The molecule has 16 heavy (non-hydrogen) atoms. The molecule has 0 aromatic heterocycles. The van der Waals surface area contributed by atoms with Gasteiger partial charge in [0.15, 0.2) is 0 Å². The Morgan fingerprint density at radius 1 is 1.56 bits per heavy atom. The van der Waals surface area contributed by atoms with Crippen LogP contribution in [0.3, 0.4) is 0 Å². The molecule has 0 aliphatic carbocycles. The Morgan fingerprint density at radius 3 is 2.56 bits per heavy atom. The van der Waals surface area contributed by atoms with Crippen molar-refractivity contribution in [2.24, 2.45) is 5.92 Å². The second-order valence-corrected chi connectivity index (χ2v) is 4.57. The lowest BCUT2D eigenvalue weighted by molar-refractivity contribution is -0.139. The average molecular weight is 224 g/mol. The van der Waals surface area contributed by atoms with E-state index in [1.807, 2.05) is 0 Å². The maximum Gasteiger partial charge on any atom is 0.318 e. The largest absolute Gasteiger partial charge is 0.481 e. The lowest BCUT2D eigenvalue weighted by atomic mass is 9.97. The number of likely N-dealkylation sites (tertiary alicyclic amines) is 1. The van der Waals surface area contributed by atoms with E-state index in [0.717, 1.165) is 0 Å². The van der Waals surface area contributed by atoms with Crippen LogP contribution in [0, 0.1) is 18.3 Å². The van der Waals surface area contributed by atoms with Gasteiger partial charge in [0.1, 0.15) is 0 Å². The number of nitrogens with zero attached hydrogens (tertiary/aromatic N) is 1. The van der Waals surface area contributed by atoms with Crippen LogP contribution in [0.5, 0.6) is 0 Å². The van der Waals surface area contributed by atoms with Crippen molar-refractivity contribution < 1.29 is 14.7 Å². The van der Waals surface area contributed by atoms with Gasteiger partial charge in [-0.05, 0) is 13.8 Å². The van der Waals surface area contributed by atoms with E-state index in [0.29, 0.717) is 13.1 Å². The van der Waals surface area contributed by atoms with E-state index in [1.54, 1.807) is 18.7 Å². The zero-order valence-corrected chi connectivity index (χ0v) is 9.49. The first-order chi connectivity index (χ1) is 7.34. The van der Waals surface area contributed by atoms with Gasteiger partial charge in [-0.2, -0.15) is 0 Å². The van der Waals surface area contributed by atoms with E-state index in [4.69, 9.17) is 11.5 Å². The van der Waals surface area contributed by atoms with Gasteiger partial charge < -0.3 is 15.3 Å². The lowest BCUT2D eigenvalue weighted by Crippen LogP contribution is -2.57. The fourth-order valence-electron chi connectivity index (χ4n) is 1.49. The number of nitrogens with one attached hydrogen (secondary N) is 1. The molecular formula is C11H16N2O3. The van der Waals surface area contributed by atoms with E-state index in [9.17, 15) is 9.59 Å². The molecule has 2 amide bonds. The van der Waals surface area contributed by atoms with Gasteiger partial charge in [0.2, 0.25) is 0 Å². The predicted molar refractivity (Wildman–Crippen MR) is 58.8 cm³/mol. The second kappa shape index (κ2) is 4.44. The highest BCUT2D eigenvalue weighted by Crippen LogP contribution is 2.19. The van der Waals surface area contributed by atoms with Crippen molar-refractivity contribution in [3.8, 4) is 12.3 Å². The Bertz CT molecular complexity index is 338. The fraction of sp³-hybridized carbons (Fsp3) is 0.636. The third-order valence-electron chi connectivity index (χ3n) is 2.49. The van der Waals surface area contributed by atoms with Crippen LogP contribution in [0.15, 0.2) is 0 Å². The molecule has 5 heteroatoms. The molecule has 0 bridgehead atoms. The number of rotatable bonds is 3. The fourth-order valence-corrected chi connectivity index (χ4v) is 1.49. The molecule has 1 heterocycles. The second-order valence-electron chi connectivity index (χ2n) is 4.57. The Morgan fingerprint density at radius 2 is 2.12 bits per heavy atom. The Labute approximate surface area is 94.8 Å². The van der Waals surface area contributed by atoms with E-state index >= 15 is 0 Å². The Balaban J connectivity index is 2.33. The first kappa shape index (κ1) is 12.4. The quantitative estimate of drug-likeness (QED) is 0.686. The number of carboxylic acids is 1. The van der Waals surface area contributed by atoms with E-state index in [1.165, 1.54) is 0 Å². The van der Waals surface area contributed by atoms with Gasteiger partial charge in [-0.15, -0.1) is 6.42 Å². The molecule has 88 valence electrons. The van der Waals surface area contributed by atoms with Crippen molar-refractivity contribution in [1.82, 2.24) is 10.2 Å². The number of hydrogen-bond donors (Lipinski definition) is 2. The van der Waals surface area contributed by atoms with Crippen molar-refractivity contribution in [3.05, 3.63) is 0 Å². The van der Waals surface area contributed by atoms with Gasteiger partial charge >= 0.3 is 12.0 Å². The van der Waals surface area contributed by atoms with E-state index < -0.39 is 11.5 Å². The molecule has 0 aromatic carbocycles. The Kier molecular flexibility index (Phi) is 3.43. The first-order valence-corrected chi connectivity index (χ1v) is 5.10. The van der Waals surface area contributed by atoms with Crippen molar-refractivity contribution in [3.63, 3.8) is 0 Å². The van der Waals surface area contributed by atoms with Crippen LogP contribution < -0.4 is 5.32 Å². The molecule has 0 unspecified atom stereocenters. The molecule has 0 aromatic rings. The average Bonchev–Trinajstić information content (AvgIpc) is 2.09. The summed E-state index contributed by atoms with van der Waals surface area (Å²) in [6.07, 6.45) is 5.36. The minimum Gasteiger partial charge on any atom is -0.481 e. The number of amides is 2. The Hall–Kier alpha value is -1.70. The summed E-state index contributed by atoms with van der Waals surface area (Å²) in [5, 5.41) is 11.2. The van der Waals surface area contributed by atoms with Crippen molar-refractivity contribution >= 4 is 12.0 Å². The summed E-state index contributed by atoms with van der Waals surface area (Å²) >= 11 is 0. The highest BCUT2D eigenvalue weighted by atomic mass is 16.4. The van der Waals surface area contributed by atoms with E-state index in [2.05, 4.69) is 11.2 Å². The number of terminal acetylenes is 1. The maximum atomic E-state index is 11.6. The highest BCUT2D eigenvalue weighted by Gasteiger charge is 2.33. The SMILES string of the molecule is C#CC(C)(C)NC(=O)N1CC(CC(=O)O)C1. The molecule has 0 spiro atoms. The molecule has 0 atom stereocenters. The first-order valence-electron chi connectivity index (χ1n) is 5.10. The summed E-state index contributed by atoms with van der Waals surface area (Å²) in [6, 6.07) is -0.232. The molecule has 1 fully saturated rings. The van der Waals surface area contributed by atoms with Gasteiger partial charge in [0.05, 0.1) is 12.0 Å². The summed E-state index contributed by atoms with van der Waals surface area (Å²) in [5.41, 5.74) is -0.672. The molecule has 1 rings (SSSR count). The number of carbonyl (C=O) groups is 2. The van der Waals surface area contributed by atoms with Gasteiger partial charge in [0, 0.05) is 19.0 Å². The van der Waals surface area contributed by atoms with Crippen molar-refractivity contribution in [2.45, 2.75) is 25.8 Å². The molecule has 1 saturated heterocycles. The van der Waals surface area contributed by atoms with Gasteiger partial charge in [-0.1, -0.05) is 5.92 Å². The van der Waals surface area contributed by atoms with Crippen LogP contribution in [-0.4, -0.2) is 40.6 Å². The molecule has 0 saturated carbocycles. The van der Waals surface area contributed by atoms with Crippen molar-refractivity contribution in [1.29, 1.82) is 0 Å². The highest BCUT2D eigenvalue weighted by molar-refractivity contribution is 5.77. The van der Waals surface area contributed by atoms with Gasteiger partial charge in [-0.25, -0.2) is 4.79 Å². The van der Waals surface area contributed by atoms with Crippen LogP contribution in [0.1, 0.15) is 20.3 Å². The number of carbonyl (C=O) groups excluding carboxylic acids is 1. The van der Waals surface area contributed by atoms with Crippen LogP contribution in [0.4, 0.5) is 4.79 Å².